The van der Waals surface area contributed by atoms with Crippen molar-refractivity contribution in [2.45, 2.75) is 0 Å². The van der Waals surface area contributed by atoms with Crippen molar-refractivity contribution in [2.24, 2.45) is 0 Å². The number of nitrogens with zero attached hydrogens (tertiary/aromatic N) is 2. The van der Waals surface area contributed by atoms with Crippen molar-refractivity contribution < 1.29 is 9.18 Å². The van der Waals surface area contributed by atoms with Crippen LogP contribution in [-0.2, 0) is 0 Å². The lowest BCUT2D eigenvalue weighted by molar-refractivity contribution is 0.0749. The number of piperazine rings is 1. The minimum atomic E-state index is -0.230. The molecule has 3 aromatic rings. The molecule has 0 radical (unpaired) electrons. The summed E-state index contributed by atoms with van der Waals surface area (Å²) >= 11 is 0. The van der Waals surface area contributed by atoms with E-state index < -0.39 is 0 Å². The zero-order chi connectivity index (χ0) is 16.5. The summed E-state index contributed by atoms with van der Waals surface area (Å²) in [5.41, 5.74) is 2.70. The first-order valence-electron chi connectivity index (χ1n) is 8.08. The van der Waals surface area contributed by atoms with E-state index in [0.29, 0.717) is 13.1 Å². The molecule has 0 spiro atoms. The van der Waals surface area contributed by atoms with Crippen LogP contribution < -0.4 is 4.90 Å². The van der Waals surface area contributed by atoms with Crippen molar-refractivity contribution in [3.05, 3.63) is 66.1 Å². The Bertz CT molecular complexity index is 864. The predicted molar refractivity (Wildman–Crippen MR) is 92.8 cm³/mol. The number of H-pyrrole nitrogens is 1. The maximum atomic E-state index is 13.0. The third-order valence-corrected chi connectivity index (χ3v) is 4.58. The van der Waals surface area contributed by atoms with Crippen molar-refractivity contribution in [2.75, 3.05) is 31.1 Å². The van der Waals surface area contributed by atoms with Gasteiger partial charge in [0.05, 0.1) is 5.56 Å². The van der Waals surface area contributed by atoms with Crippen LogP contribution in [0.1, 0.15) is 10.4 Å². The molecular formula is C19H18FN3O. The standard InChI is InChI=1S/C19H18FN3O/c20-14-5-7-15(8-6-14)22-9-11-23(12-10-22)19(24)17-13-21-18-4-2-1-3-16(17)18/h1-8,13,21H,9-12H2. The van der Waals surface area contributed by atoms with Crippen molar-refractivity contribution in [1.82, 2.24) is 9.88 Å². The van der Waals surface area contributed by atoms with Crippen molar-refractivity contribution in [1.29, 1.82) is 0 Å². The average molecular weight is 323 g/mol. The number of benzene rings is 2. The molecule has 1 aliphatic heterocycles. The fourth-order valence-corrected chi connectivity index (χ4v) is 3.24. The van der Waals surface area contributed by atoms with Gasteiger partial charge < -0.3 is 14.8 Å². The van der Waals surface area contributed by atoms with Gasteiger partial charge in [0.1, 0.15) is 5.82 Å². The smallest absolute Gasteiger partial charge is 0.256 e. The number of aromatic nitrogens is 1. The van der Waals surface area contributed by atoms with Gasteiger partial charge in [0.25, 0.3) is 5.91 Å². The number of hydrogen-bond acceptors (Lipinski definition) is 2. The Morgan fingerprint density at radius 3 is 2.42 bits per heavy atom. The van der Waals surface area contributed by atoms with Crippen LogP contribution in [0.2, 0.25) is 0 Å². The number of hydrogen-bond donors (Lipinski definition) is 1. The number of nitrogens with one attached hydrogen (secondary N) is 1. The highest BCUT2D eigenvalue weighted by Gasteiger charge is 2.24. The maximum Gasteiger partial charge on any atom is 0.256 e. The zero-order valence-electron chi connectivity index (χ0n) is 13.2. The second kappa shape index (κ2) is 6.00. The van der Waals surface area contributed by atoms with Crippen LogP contribution in [0.4, 0.5) is 10.1 Å². The van der Waals surface area contributed by atoms with E-state index in [4.69, 9.17) is 0 Å². The molecular weight excluding hydrogens is 305 g/mol. The molecule has 2 heterocycles. The molecule has 1 aromatic heterocycles. The molecule has 0 atom stereocenters. The van der Waals surface area contributed by atoms with E-state index in [1.807, 2.05) is 29.2 Å². The normalized spacial score (nSPS) is 15.0. The third kappa shape index (κ3) is 2.62. The Morgan fingerprint density at radius 1 is 0.958 bits per heavy atom. The summed E-state index contributed by atoms with van der Waals surface area (Å²) in [5.74, 6) is -0.168. The monoisotopic (exact) mass is 323 g/mol. The summed E-state index contributed by atoms with van der Waals surface area (Å²) in [6, 6.07) is 14.3. The number of carbonyl (C=O) groups excluding carboxylic acids is 1. The van der Waals surface area contributed by atoms with E-state index in [2.05, 4.69) is 9.88 Å². The lowest BCUT2D eigenvalue weighted by Crippen LogP contribution is -2.48. The highest BCUT2D eigenvalue weighted by molar-refractivity contribution is 6.06. The number of anilines is 1. The Kier molecular flexibility index (Phi) is 3.69. The number of amides is 1. The van der Waals surface area contributed by atoms with Crippen LogP contribution in [0, 0.1) is 5.82 Å². The number of para-hydroxylation sites is 1. The quantitative estimate of drug-likeness (QED) is 0.786. The van der Waals surface area contributed by atoms with Gasteiger partial charge in [-0.2, -0.15) is 0 Å². The summed E-state index contributed by atoms with van der Waals surface area (Å²) < 4.78 is 13.0. The predicted octanol–water partition coefficient (Wildman–Crippen LogP) is 3.27. The summed E-state index contributed by atoms with van der Waals surface area (Å²) in [6.07, 6.45) is 1.79. The minimum Gasteiger partial charge on any atom is -0.368 e. The van der Waals surface area contributed by atoms with E-state index in [1.54, 1.807) is 18.3 Å². The molecule has 4 nitrogen and oxygen atoms in total. The van der Waals surface area contributed by atoms with E-state index >= 15 is 0 Å². The van der Waals surface area contributed by atoms with Gasteiger partial charge in [0, 0.05) is 49.0 Å². The third-order valence-electron chi connectivity index (χ3n) is 4.58. The second-order valence-corrected chi connectivity index (χ2v) is 6.00. The van der Waals surface area contributed by atoms with E-state index in [1.165, 1.54) is 12.1 Å². The largest absolute Gasteiger partial charge is 0.368 e. The molecule has 122 valence electrons. The molecule has 5 heteroatoms. The van der Waals surface area contributed by atoms with Crippen LogP contribution in [0.5, 0.6) is 0 Å². The molecule has 24 heavy (non-hydrogen) atoms. The molecule has 1 fully saturated rings. The first-order valence-corrected chi connectivity index (χ1v) is 8.08. The number of fused-ring (bicyclic) bond motifs is 1. The Balaban J connectivity index is 1.47. The molecule has 0 aliphatic carbocycles. The topological polar surface area (TPSA) is 39.3 Å². The molecule has 0 saturated carbocycles. The van der Waals surface area contributed by atoms with E-state index in [0.717, 1.165) is 35.2 Å². The Labute approximate surface area is 139 Å². The molecule has 1 amide bonds. The van der Waals surface area contributed by atoms with Crippen LogP contribution in [0.25, 0.3) is 10.9 Å². The van der Waals surface area contributed by atoms with Gasteiger partial charge in [0.2, 0.25) is 0 Å². The van der Waals surface area contributed by atoms with Crippen molar-refractivity contribution in [3.63, 3.8) is 0 Å². The summed E-state index contributed by atoms with van der Waals surface area (Å²) in [6.45, 7) is 2.82. The lowest BCUT2D eigenvalue weighted by Gasteiger charge is -2.36. The number of carbonyl (C=O) groups is 1. The van der Waals surface area contributed by atoms with Gasteiger partial charge in [-0.25, -0.2) is 4.39 Å². The van der Waals surface area contributed by atoms with Crippen molar-refractivity contribution in [3.8, 4) is 0 Å². The SMILES string of the molecule is O=C(c1c[nH]c2ccccc12)N1CCN(c2ccc(F)cc2)CC1. The van der Waals surface area contributed by atoms with Crippen LogP contribution >= 0.6 is 0 Å². The first kappa shape index (κ1) is 14.8. The average Bonchev–Trinajstić information content (AvgIpc) is 3.06. The molecule has 2 aromatic carbocycles. The number of halogens is 1. The summed E-state index contributed by atoms with van der Waals surface area (Å²) in [4.78, 5) is 20.0. The number of aromatic amines is 1. The number of rotatable bonds is 2. The van der Waals surface area contributed by atoms with Crippen LogP contribution in [0.15, 0.2) is 54.7 Å². The van der Waals surface area contributed by atoms with E-state index in [-0.39, 0.29) is 11.7 Å². The van der Waals surface area contributed by atoms with Gasteiger partial charge >= 0.3 is 0 Å². The van der Waals surface area contributed by atoms with Crippen LogP contribution in [-0.4, -0.2) is 42.0 Å². The van der Waals surface area contributed by atoms with E-state index in [9.17, 15) is 9.18 Å². The molecule has 1 aliphatic rings. The summed E-state index contributed by atoms with van der Waals surface area (Å²) in [7, 11) is 0. The van der Waals surface area contributed by atoms with Crippen LogP contribution in [0.3, 0.4) is 0 Å². The lowest BCUT2D eigenvalue weighted by atomic mass is 10.1. The molecule has 4 rings (SSSR count). The minimum absolute atomic E-state index is 0.0613. The van der Waals surface area contributed by atoms with Gasteiger partial charge in [0.15, 0.2) is 0 Å². The molecule has 0 unspecified atom stereocenters. The maximum absolute atomic E-state index is 13.0. The first-order chi connectivity index (χ1) is 11.7. The molecule has 1 N–H and O–H groups in total. The Morgan fingerprint density at radius 2 is 1.67 bits per heavy atom. The van der Waals surface area contributed by atoms with Gasteiger partial charge in [-0.1, -0.05) is 18.2 Å². The Hall–Kier alpha value is -2.82. The van der Waals surface area contributed by atoms with Gasteiger partial charge in [-0.05, 0) is 30.3 Å². The molecule has 0 bridgehead atoms. The van der Waals surface area contributed by atoms with Gasteiger partial charge in [-0.3, -0.25) is 4.79 Å². The zero-order valence-corrected chi connectivity index (χ0v) is 13.2. The summed E-state index contributed by atoms with van der Waals surface area (Å²) in [5, 5.41) is 0.962. The van der Waals surface area contributed by atoms with Crippen molar-refractivity contribution >= 4 is 22.5 Å². The highest BCUT2D eigenvalue weighted by atomic mass is 19.1. The highest BCUT2D eigenvalue weighted by Crippen LogP contribution is 2.21. The molecule has 1 saturated heterocycles. The van der Waals surface area contributed by atoms with Gasteiger partial charge in [-0.15, -0.1) is 0 Å². The second-order valence-electron chi connectivity index (χ2n) is 6.00. The fourth-order valence-electron chi connectivity index (χ4n) is 3.24. The fraction of sp³-hybridized carbons (Fsp3) is 0.211.